The van der Waals surface area contributed by atoms with E-state index < -0.39 is 9.84 Å². The average Bonchev–Trinajstić information content (AvgIpc) is 3.38. The molecule has 3 aromatic rings. The van der Waals surface area contributed by atoms with E-state index in [0.717, 1.165) is 11.5 Å². The van der Waals surface area contributed by atoms with Crippen LogP contribution in [0.15, 0.2) is 77.2 Å². The fourth-order valence-electron chi connectivity index (χ4n) is 3.27. The van der Waals surface area contributed by atoms with E-state index in [0.29, 0.717) is 30.3 Å². The summed E-state index contributed by atoms with van der Waals surface area (Å²) in [6, 6.07) is 12.9. The molecule has 0 fully saturated rings. The largest absolute Gasteiger partial charge is 0.467 e. The fraction of sp³-hybridized carbons (Fsp3) is 0.304. The molecular formula is C23H28N4O3S2. The van der Waals surface area contributed by atoms with Gasteiger partial charge in [-0.15, -0.1) is 6.58 Å². The van der Waals surface area contributed by atoms with Crippen molar-refractivity contribution in [2.45, 2.75) is 50.4 Å². The second-order valence-electron chi connectivity index (χ2n) is 7.72. The molecule has 3 rings (SSSR count). The van der Waals surface area contributed by atoms with E-state index in [1.54, 1.807) is 35.2 Å². The highest BCUT2D eigenvalue weighted by molar-refractivity contribution is 7.90. The number of rotatable bonds is 10. The first-order chi connectivity index (χ1) is 15.3. The molecule has 0 aliphatic rings. The molecule has 9 heteroatoms. The Balaban J connectivity index is 1.91. The van der Waals surface area contributed by atoms with Gasteiger partial charge in [-0.2, -0.15) is 0 Å². The second kappa shape index (κ2) is 10.6. The molecule has 0 saturated heterocycles. The van der Waals surface area contributed by atoms with Gasteiger partial charge in [0.2, 0.25) is 15.0 Å². The Labute approximate surface area is 194 Å². The van der Waals surface area contributed by atoms with Gasteiger partial charge >= 0.3 is 0 Å². The molecule has 2 heterocycles. The number of hydrogen-bond acceptors (Lipinski definition) is 5. The minimum Gasteiger partial charge on any atom is -0.467 e. The molecule has 32 heavy (non-hydrogen) atoms. The lowest BCUT2D eigenvalue weighted by molar-refractivity contribution is 0.340. The molecule has 0 atom stereocenters. The molecule has 170 valence electrons. The van der Waals surface area contributed by atoms with Gasteiger partial charge in [0.05, 0.1) is 37.0 Å². The zero-order valence-corrected chi connectivity index (χ0v) is 19.9. The lowest BCUT2D eigenvalue weighted by atomic mass is 10.2. The highest BCUT2D eigenvalue weighted by atomic mass is 32.2. The van der Waals surface area contributed by atoms with Crippen molar-refractivity contribution in [2.75, 3.05) is 0 Å². The van der Waals surface area contributed by atoms with Crippen molar-refractivity contribution < 1.29 is 12.8 Å². The number of nitrogens with zero attached hydrogens (tertiary/aromatic N) is 3. The van der Waals surface area contributed by atoms with Crippen LogP contribution in [-0.2, 0) is 35.2 Å². The number of thiocarbonyl (C=S) groups is 1. The van der Waals surface area contributed by atoms with E-state index in [9.17, 15) is 8.42 Å². The first-order valence-electron chi connectivity index (χ1n) is 10.3. The fourth-order valence-corrected chi connectivity index (χ4v) is 5.14. The van der Waals surface area contributed by atoms with Gasteiger partial charge in [0.15, 0.2) is 5.11 Å². The van der Waals surface area contributed by atoms with E-state index in [1.165, 1.54) is 0 Å². The average molecular weight is 473 g/mol. The minimum atomic E-state index is -3.65. The van der Waals surface area contributed by atoms with Crippen molar-refractivity contribution >= 4 is 27.2 Å². The lowest BCUT2D eigenvalue weighted by Crippen LogP contribution is -2.42. The van der Waals surface area contributed by atoms with E-state index >= 15 is 0 Å². The summed E-state index contributed by atoms with van der Waals surface area (Å²) in [5.41, 5.74) is 1.43. The summed E-state index contributed by atoms with van der Waals surface area (Å²) < 4.78 is 33.5. The Hall–Kier alpha value is -2.91. The lowest BCUT2D eigenvalue weighted by Gasteiger charge is -2.26. The smallest absolute Gasteiger partial charge is 0.228 e. The standard InChI is InChI=1S/C23H28N4O3S2/c1-4-12-27-20(14-24-23(27)32(28,29)17-19-9-6-5-7-10-19)15-26(22(31)25-18(2)3)16-21-11-8-13-30-21/h4-11,13-14,18H,1,12,15-17H2,2-3H3,(H,25,31). The number of furan rings is 1. The van der Waals surface area contributed by atoms with Gasteiger partial charge in [0, 0.05) is 12.6 Å². The van der Waals surface area contributed by atoms with Crippen LogP contribution in [0.5, 0.6) is 0 Å². The molecule has 0 radical (unpaired) electrons. The highest BCUT2D eigenvalue weighted by Gasteiger charge is 2.25. The number of aromatic nitrogens is 2. The van der Waals surface area contributed by atoms with Gasteiger partial charge in [0.1, 0.15) is 5.76 Å². The van der Waals surface area contributed by atoms with E-state index in [4.69, 9.17) is 16.6 Å². The number of sulfone groups is 1. The summed E-state index contributed by atoms with van der Waals surface area (Å²) in [5, 5.41) is 3.82. The summed E-state index contributed by atoms with van der Waals surface area (Å²) in [5.74, 6) is 0.634. The molecule has 0 unspecified atom stereocenters. The van der Waals surface area contributed by atoms with Crippen LogP contribution in [0.2, 0.25) is 0 Å². The van der Waals surface area contributed by atoms with Crippen LogP contribution < -0.4 is 5.32 Å². The number of benzene rings is 1. The monoisotopic (exact) mass is 472 g/mol. The van der Waals surface area contributed by atoms with Crippen LogP contribution in [0.4, 0.5) is 0 Å². The summed E-state index contributed by atoms with van der Waals surface area (Å²) in [7, 11) is -3.65. The van der Waals surface area contributed by atoms with Crippen molar-refractivity contribution in [1.82, 2.24) is 19.8 Å². The van der Waals surface area contributed by atoms with Gasteiger partial charge in [0.25, 0.3) is 0 Å². The SMILES string of the molecule is C=CCn1c(CN(Cc2ccco2)C(=S)NC(C)C)cnc1S(=O)(=O)Cc1ccccc1. The molecule has 0 aliphatic carbocycles. The van der Waals surface area contributed by atoms with Crippen LogP contribution in [-0.4, -0.2) is 34.0 Å². The molecule has 0 amide bonds. The summed E-state index contributed by atoms with van der Waals surface area (Å²) in [6.07, 6.45) is 4.87. The third kappa shape index (κ3) is 6.08. The van der Waals surface area contributed by atoms with Gasteiger partial charge in [-0.3, -0.25) is 0 Å². The first-order valence-corrected chi connectivity index (χ1v) is 12.4. The first kappa shape index (κ1) is 23.7. The zero-order chi connectivity index (χ0) is 23.1. The molecule has 0 aliphatic heterocycles. The minimum absolute atomic E-state index is 0.0249. The molecule has 0 saturated carbocycles. The second-order valence-corrected chi connectivity index (χ2v) is 9.99. The maximum atomic E-state index is 13.1. The molecule has 1 N–H and O–H groups in total. The quantitative estimate of drug-likeness (QED) is 0.354. The molecule has 7 nitrogen and oxygen atoms in total. The van der Waals surface area contributed by atoms with Gasteiger partial charge in [-0.1, -0.05) is 36.4 Å². The van der Waals surface area contributed by atoms with Crippen LogP contribution >= 0.6 is 12.2 Å². The van der Waals surface area contributed by atoms with Crippen LogP contribution in [0.25, 0.3) is 0 Å². The van der Waals surface area contributed by atoms with E-state index in [-0.39, 0.29) is 17.0 Å². The van der Waals surface area contributed by atoms with Crippen LogP contribution in [0.3, 0.4) is 0 Å². The molecule has 0 bridgehead atoms. The Kier molecular flexibility index (Phi) is 7.87. The Morgan fingerprint density at radius 1 is 1.25 bits per heavy atom. The van der Waals surface area contributed by atoms with Crippen molar-refractivity contribution in [1.29, 1.82) is 0 Å². The van der Waals surface area contributed by atoms with Crippen LogP contribution in [0.1, 0.15) is 30.9 Å². The predicted octanol–water partition coefficient (Wildman–Crippen LogP) is 3.92. The van der Waals surface area contributed by atoms with Crippen molar-refractivity contribution in [3.8, 4) is 0 Å². The Morgan fingerprint density at radius 2 is 2.00 bits per heavy atom. The topological polar surface area (TPSA) is 80.4 Å². The summed E-state index contributed by atoms with van der Waals surface area (Å²) in [6.45, 7) is 8.92. The predicted molar refractivity (Wildman–Crippen MR) is 129 cm³/mol. The number of imidazole rings is 1. The van der Waals surface area contributed by atoms with Gasteiger partial charge < -0.3 is 19.2 Å². The highest BCUT2D eigenvalue weighted by Crippen LogP contribution is 2.20. The third-order valence-corrected chi connectivity index (χ3v) is 6.64. The number of allylic oxidation sites excluding steroid dienone is 1. The zero-order valence-electron chi connectivity index (χ0n) is 18.3. The Bertz CT molecular complexity index is 1140. The van der Waals surface area contributed by atoms with Gasteiger partial charge in [-0.25, -0.2) is 13.4 Å². The van der Waals surface area contributed by atoms with E-state index in [2.05, 4.69) is 16.9 Å². The Morgan fingerprint density at radius 3 is 2.62 bits per heavy atom. The van der Waals surface area contributed by atoms with E-state index in [1.807, 2.05) is 49.1 Å². The maximum absolute atomic E-state index is 13.1. The number of hydrogen-bond donors (Lipinski definition) is 1. The van der Waals surface area contributed by atoms with Crippen molar-refractivity contribution in [3.63, 3.8) is 0 Å². The summed E-state index contributed by atoms with van der Waals surface area (Å²) >= 11 is 5.60. The van der Waals surface area contributed by atoms with Crippen molar-refractivity contribution in [2.24, 2.45) is 0 Å². The molecule has 0 spiro atoms. The maximum Gasteiger partial charge on any atom is 0.228 e. The molecule has 2 aromatic heterocycles. The van der Waals surface area contributed by atoms with Crippen molar-refractivity contribution in [3.05, 3.63) is 84.6 Å². The number of nitrogens with one attached hydrogen (secondary N) is 1. The van der Waals surface area contributed by atoms with Crippen LogP contribution in [0, 0.1) is 0 Å². The van der Waals surface area contributed by atoms with Gasteiger partial charge in [-0.05, 0) is 43.8 Å². The molecule has 1 aromatic carbocycles. The molecular weight excluding hydrogens is 444 g/mol. The normalized spacial score (nSPS) is 11.5. The third-order valence-electron chi connectivity index (χ3n) is 4.67. The summed E-state index contributed by atoms with van der Waals surface area (Å²) in [4.78, 5) is 6.22.